The Morgan fingerprint density at radius 3 is 1.96 bits per heavy atom. The Bertz CT molecular complexity index is 1720. The third-order valence-corrected chi connectivity index (χ3v) is 9.56. The summed E-state index contributed by atoms with van der Waals surface area (Å²) in [5.74, 6) is -2.64. The van der Waals surface area contributed by atoms with Crippen LogP contribution in [-0.2, 0) is 29.0 Å². The van der Waals surface area contributed by atoms with Gasteiger partial charge in [-0.1, -0.05) is 36.4 Å². The van der Waals surface area contributed by atoms with Crippen LogP contribution < -0.4 is 5.32 Å². The quantitative estimate of drug-likeness (QED) is 0.146. The van der Waals surface area contributed by atoms with E-state index in [0.29, 0.717) is 12.1 Å². The molecule has 3 fully saturated rings. The van der Waals surface area contributed by atoms with E-state index >= 15 is 0 Å². The van der Waals surface area contributed by atoms with Crippen LogP contribution in [0.4, 0.5) is 17.6 Å². The molecule has 10 nitrogen and oxygen atoms in total. The molecule has 14 heteroatoms. The molecule has 0 bridgehead atoms. The number of epoxide rings is 1. The number of benzene rings is 2. The van der Waals surface area contributed by atoms with Gasteiger partial charge in [-0.3, -0.25) is 4.90 Å². The van der Waals surface area contributed by atoms with Crippen molar-refractivity contribution in [1.82, 2.24) is 39.7 Å². The van der Waals surface area contributed by atoms with Crippen molar-refractivity contribution < 1.29 is 27.4 Å². The molecule has 4 atom stereocenters. The zero-order valence-electron chi connectivity index (χ0n) is 28.4. The number of hydrogen-bond donors (Lipinski definition) is 2. The molecule has 2 aromatic carbocycles. The second-order valence-electron chi connectivity index (χ2n) is 13.0. The molecule has 2 aromatic heterocycles. The van der Waals surface area contributed by atoms with Gasteiger partial charge in [0.1, 0.15) is 59.8 Å². The van der Waals surface area contributed by atoms with Crippen molar-refractivity contribution in [2.45, 2.75) is 76.0 Å². The molecule has 0 radical (unpaired) electrons. The maximum Gasteiger partial charge on any atom is 0.142 e. The number of piperidine rings is 2. The van der Waals surface area contributed by atoms with Gasteiger partial charge in [0, 0.05) is 42.4 Å². The number of aromatic nitrogens is 6. The second-order valence-corrected chi connectivity index (χ2v) is 13.0. The molecule has 3 aliphatic heterocycles. The molecular weight excluding hydrogens is 652 g/mol. The highest BCUT2D eigenvalue weighted by Gasteiger charge is 2.56. The molecule has 0 saturated carbocycles. The fraction of sp³-hybridized carbons (Fsp3) is 0.444. The summed E-state index contributed by atoms with van der Waals surface area (Å²) in [5, 5.41) is 22.8. The standard InChI is InChI=1S/C18H22F2N4O.C12H11F2N3O.C6H11N/c1-13-5-7-23(8-6-13)14(2)18(25,10-24-12-21-11-22-24)16-4-3-15(19)9-17(16)20;1-8-12(18-8,5-17-7-15-6-16-17)10-3-2-9(13)4-11(10)14;1-6-2-4-7-5-3-6/h3-4,9,11-12,14,25H,1,5-8,10H2,2H3;2-4,6-8H,5H2,1H3;7H,1-5H2/t14-,18-;;/m1../s1. The third-order valence-electron chi connectivity index (χ3n) is 9.56. The SMILES string of the molecule is C=C1CCN([C@H](C)[C@](O)(Cn2cncn2)c2ccc(F)cc2F)CC1.C=C1CCNCC1.CC1OC1(Cn1cncn1)c1ccc(F)cc1F. The number of hydrogen-bond acceptors (Lipinski definition) is 8. The summed E-state index contributed by atoms with van der Waals surface area (Å²) in [6.45, 7) is 15.7. The Balaban J connectivity index is 0.000000168. The largest absolute Gasteiger partial charge is 0.381 e. The fourth-order valence-electron chi connectivity index (χ4n) is 6.36. The Hall–Kier alpha value is -4.24. The van der Waals surface area contributed by atoms with E-state index in [1.807, 2.05) is 13.8 Å². The predicted octanol–water partition coefficient (Wildman–Crippen LogP) is 5.28. The van der Waals surface area contributed by atoms with Crippen LogP contribution in [0.5, 0.6) is 0 Å². The minimum atomic E-state index is -1.58. The first-order valence-electron chi connectivity index (χ1n) is 16.7. The van der Waals surface area contributed by atoms with Crippen LogP contribution in [0.15, 0.2) is 86.0 Å². The van der Waals surface area contributed by atoms with Crippen molar-refractivity contribution in [1.29, 1.82) is 0 Å². The zero-order valence-corrected chi connectivity index (χ0v) is 28.4. The highest BCUT2D eigenvalue weighted by atomic mass is 19.1. The van der Waals surface area contributed by atoms with Crippen LogP contribution in [0.2, 0.25) is 0 Å². The van der Waals surface area contributed by atoms with E-state index in [0.717, 1.165) is 57.2 Å². The van der Waals surface area contributed by atoms with Gasteiger partial charge in [0.2, 0.25) is 0 Å². The van der Waals surface area contributed by atoms with Gasteiger partial charge < -0.3 is 15.2 Å². The van der Waals surface area contributed by atoms with E-state index in [-0.39, 0.29) is 18.2 Å². The van der Waals surface area contributed by atoms with E-state index in [9.17, 15) is 22.7 Å². The first-order valence-corrected chi connectivity index (χ1v) is 16.7. The summed E-state index contributed by atoms with van der Waals surface area (Å²) in [5.41, 5.74) is 0.638. The van der Waals surface area contributed by atoms with Gasteiger partial charge in [-0.05, 0) is 64.8 Å². The van der Waals surface area contributed by atoms with E-state index in [4.69, 9.17) is 4.74 Å². The summed E-state index contributed by atoms with van der Waals surface area (Å²) in [6, 6.07) is 6.39. The average molecular weight is 697 g/mol. The smallest absolute Gasteiger partial charge is 0.142 e. The minimum absolute atomic E-state index is 0.0220. The van der Waals surface area contributed by atoms with Crippen molar-refractivity contribution in [2.75, 3.05) is 26.2 Å². The van der Waals surface area contributed by atoms with E-state index in [2.05, 4.69) is 43.5 Å². The highest BCUT2D eigenvalue weighted by molar-refractivity contribution is 5.31. The molecule has 268 valence electrons. The average Bonchev–Trinajstić information content (AvgIpc) is 3.45. The second kappa shape index (κ2) is 16.2. The number of ether oxygens (including phenoxy) is 1. The number of nitrogens with one attached hydrogen (secondary N) is 1. The van der Waals surface area contributed by atoms with Gasteiger partial charge in [0.25, 0.3) is 0 Å². The van der Waals surface area contributed by atoms with Crippen molar-refractivity contribution in [2.24, 2.45) is 0 Å². The lowest BCUT2D eigenvalue weighted by molar-refractivity contribution is -0.0657. The topological polar surface area (TPSA) is 109 Å². The lowest BCUT2D eigenvalue weighted by atomic mass is 9.84. The summed E-state index contributed by atoms with van der Waals surface area (Å²) in [7, 11) is 0. The molecule has 4 aromatic rings. The van der Waals surface area contributed by atoms with Gasteiger partial charge >= 0.3 is 0 Å². The first-order chi connectivity index (χ1) is 23.9. The van der Waals surface area contributed by atoms with E-state index in [1.165, 1.54) is 72.2 Å². The molecular formula is C36H44F4N8O2. The van der Waals surface area contributed by atoms with E-state index in [1.54, 1.807) is 4.68 Å². The summed E-state index contributed by atoms with van der Waals surface area (Å²) in [4.78, 5) is 9.82. The molecule has 0 spiro atoms. The maximum atomic E-state index is 14.5. The Labute approximate surface area is 289 Å². The molecule has 7 rings (SSSR count). The number of aliphatic hydroxyl groups is 1. The maximum absolute atomic E-state index is 14.5. The monoisotopic (exact) mass is 696 g/mol. The molecule has 3 saturated heterocycles. The Kier molecular flexibility index (Phi) is 12.0. The first kappa shape index (κ1) is 37.0. The zero-order chi connectivity index (χ0) is 35.9. The predicted molar refractivity (Wildman–Crippen MR) is 180 cm³/mol. The molecule has 2 N–H and O–H groups in total. The summed E-state index contributed by atoms with van der Waals surface area (Å²) in [6.07, 6.45) is 9.68. The normalized spacial score (nSPS) is 22.4. The van der Waals surface area contributed by atoms with Gasteiger partial charge in [-0.25, -0.2) is 36.9 Å². The van der Waals surface area contributed by atoms with Gasteiger partial charge in [0.15, 0.2) is 0 Å². The summed E-state index contributed by atoms with van der Waals surface area (Å²) < 4.78 is 63.1. The van der Waals surface area contributed by atoms with Crippen LogP contribution >= 0.6 is 0 Å². The molecule has 3 aliphatic rings. The minimum Gasteiger partial charge on any atom is -0.381 e. The summed E-state index contributed by atoms with van der Waals surface area (Å²) >= 11 is 0. The van der Waals surface area contributed by atoms with Gasteiger partial charge in [0.05, 0.1) is 19.2 Å². The Morgan fingerprint density at radius 2 is 1.46 bits per heavy atom. The number of likely N-dealkylation sites (tertiary alicyclic amines) is 1. The van der Waals surface area contributed by atoms with Crippen molar-refractivity contribution in [3.63, 3.8) is 0 Å². The van der Waals surface area contributed by atoms with Crippen LogP contribution in [0.3, 0.4) is 0 Å². The van der Waals surface area contributed by atoms with Crippen molar-refractivity contribution >= 4 is 0 Å². The number of halogens is 4. The van der Waals surface area contributed by atoms with Crippen molar-refractivity contribution in [3.8, 4) is 0 Å². The van der Waals surface area contributed by atoms with Crippen LogP contribution in [-0.4, -0.2) is 77.9 Å². The molecule has 0 aliphatic carbocycles. The van der Waals surface area contributed by atoms with Gasteiger partial charge in [-0.15, -0.1) is 0 Å². The highest BCUT2D eigenvalue weighted by Crippen LogP contribution is 2.48. The lowest BCUT2D eigenvalue weighted by Crippen LogP contribution is -2.53. The number of rotatable bonds is 8. The third kappa shape index (κ3) is 8.91. The van der Waals surface area contributed by atoms with Crippen molar-refractivity contribution in [3.05, 3.63) is 120 Å². The Morgan fingerprint density at radius 1 is 0.900 bits per heavy atom. The van der Waals surface area contributed by atoms with Crippen LogP contribution in [0, 0.1) is 23.3 Å². The lowest BCUT2D eigenvalue weighted by Gasteiger charge is -2.43. The molecule has 2 unspecified atom stereocenters. The number of nitrogens with zero attached hydrogens (tertiary/aromatic N) is 7. The van der Waals surface area contributed by atoms with Crippen LogP contribution in [0.25, 0.3) is 0 Å². The molecule has 0 amide bonds. The molecule has 50 heavy (non-hydrogen) atoms. The van der Waals surface area contributed by atoms with Gasteiger partial charge in [-0.2, -0.15) is 10.2 Å². The van der Waals surface area contributed by atoms with Crippen LogP contribution in [0.1, 0.15) is 50.7 Å². The fourth-order valence-corrected chi connectivity index (χ4v) is 6.36. The molecule has 5 heterocycles. The van der Waals surface area contributed by atoms with E-state index < -0.39 is 40.5 Å².